The minimum absolute atomic E-state index is 0.887. The number of nitrogens with one attached hydrogen (secondary N) is 1. The van der Waals surface area contributed by atoms with Gasteiger partial charge in [-0.25, -0.2) is 0 Å². The number of methoxy groups -OCH3 is 1. The SMILES string of the molecule is COc1ccc2c(c1-c1ccccc1)Nc1ccccc1S2. The van der Waals surface area contributed by atoms with Gasteiger partial charge in [0.2, 0.25) is 0 Å². The van der Waals surface area contributed by atoms with E-state index in [0.717, 1.165) is 28.3 Å². The average molecular weight is 305 g/mol. The number of fused-ring (bicyclic) bond motifs is 2. The second-order valence-corrected chi connectivity index (χ2v) is 6.19. The van der Waals surface area contributed by atoms with Crippen molar-refractivity contribution in [2.24, 2.45) is 0 Å². The van der Waals surface area contributed by atoms with Crippen LogP contribution in [0.2, 0.25) is 0 Å². The molecular weight excluding hydrogens is 290 g/mol. The first-order valence-electron chi connectivity index (χ1n) is 7.17. The Morgan fingerprint density at radius 3 is 2.41 bits per heavy atom. The summed E-state index contributed by atoms with van der Waals surface area (Å²) in [6.07, 6.45) is 0. The lowest BCUT2D eigenvalue weighted by Crippen LogP contribution is -2.03. The lowest BCUT2D eigenvalue weighted by atomic mass is 10.0. The number of rotatable bonds is 2. The van der Waals surface area contributed by atoms with E-state index in [-0.39, 0.29) is 0 Å². The Balaban J connectivity index is 1.92. The third-order valence-corrected chi connectivity index (χ3v) is 4.91. The van der Waals surface area contributed by atoms with Gasteiger partial charge in [0.1, 0.15) is 5.75 Å². The van der Waals surface area contributed by atoms with Crippen LogP contribution in [-0.2, 0) is 0 Å². The van der Waals surface area contributed by atoms with Crippen molar-refractivity contribution < 1.29 is 4.74 Å². The lowest BCUT2D eigenvalue weighted by Gasteiger charge is -2.24. The van der Waals surface area contributed by atoms with Crippen LogP contribution in [0.15, 0.2) is 76.5 Å². The van der Waals surface area contributed by atoms with Crippen molar-refractivity contribution in [1.82, 2.24) is 0 Å². The lowest BCUT2D eigenvalue weighted by molar-refractivity contribution is 0.416. The summed E-state index contributed by atoms with van der Waals surface area (Å²) < 4.78 is 5.60. The molecule has 3 aromatic rings. The first-order chi connectivity index (χ1) is 10.9. The van der Waals surface area contributed by atoms with Gasteiger partial charge >= 0.3 is 0 Å². The fourth-order valence-electron chi connectivity index (χ4n) is 2.75. The van der Waals surface area contributed by atoms with Gasteiger partial charge < -0.3 is 10.1 Å². The zero-order valence-corrected chi connectivity index (χ0v) is 13.0. The fourth-order valence-corrected chi connectivity index (χ4v) is 3.75. The van der Waals surface area contributed by atoms with E-state index in [9.17, 15) is 0 Å². The summed E-state index contributed by atoms with van der Waals surface area (Å²) in [6.45, 7) is 0. The van der Waals surface area contributed by atoms with Crippen molar-refractivity contribution in [2.45, 2.75) is 9.79 Å². The minimum atomic E-state index is 0.887. The van der Waals surface area contributed by atoms with Crippen LogP contribution >= 0.6 is 11.8 Å². The predicted molar refractivity (Wildman–Crippen MR) is 92.3 cm³/mol. The van der Waals surface area contributed by atoms with Crippen LogP contribution in [0.25, 0.3) is 11.1 Å². The summed E-state index contributed by atoms with van der Waals surface area (Å²) in [7, 11) is 1.72. The molecule has 3 aromatic carbocycles. The van der Waals surface area contributed by atoms with Crippen LogP contribution in [0.3, 0.4) is 0 Å². The Bertz CT molecular complexity index is 830. The Kier molecular flexibility index (Phi) is 3.28. The van der Waals surface area contributed by atoms with Gasteiger partial charge in [-0.15, -0.1) is 0 Å². The molecule has 0 amide bonds. The van der Waals surface area contributed by atoms with Crippen LogP contribution in [0.1, 0.15) is 0 Å². The highest BCUT2D eigenvalue weighted by atomic mass is 32.2. The zero-order valence-electron chi connectivity index (χ0n) is 12.2. The van der Waals surface area contributed by atoms with E-state index in [0.29, 0.717) is 0 Å². The molecule has 0 aromatic heterocycles. The molecule has 0 spiro atoms. The summed E-state index contributed by atoms with van der Waals surface area (Å²) in [5, 5.41) is 3.58. The second-order valence-electron chi connectivity index (χ2n) is 5.11. The number of para-hydroxylation sites is 1. The van der Waals surface area contributed by atoms with Gasteiger partial charge in [0.05, 0.1) is 18.5 Å². The van der Waals surface area contributed by atoms with E-state index >= 15 is 0 Å². The quantitative estimate of drug-likeness (QED) is 0.523. The van der Waals surface area contributed by atoms with Crippen molar-refractivity contribution in [2.75, 3.05) is 12.4 Å². The van der Waals surface area contributed by atoms with Gasteiger partial charge in [0.25, 0.3) is 0 Å². The fraction of sp³-hybridized carbons (Fsp3) is 0.0526. The maximum Gasteiger partial charge on any atom is 0.128 e. The van der Waals surface area contributed by atoms with Gasteiger partial charge in [-0.2, -0.15) is 0 Å². The molecule has 22 heavy (non-hydrogen) atoms. The van der Waals surface area contributed by atoms with Crippen LogP contribution in [0.4, 0.5) is 11.4 Å². The highest BCUT2D eigenvalue weighted by molar-refractivity contribution is 7.99. The third kappa shape index (κ3) is 2.14. The van der Waals surface area contributed by atoms with Crippen molar-refractivity contribution >= 4 is 23.1 Å². The molecule has 0 unspecified atom stereocenters. The molecule has 0 aliphatic carbocycles. The number of ether oxygens (including phenoxy) is 1. The Morgan fingerprint density at radius 2 is 1.59 bits per heavy atom. The van der Waals surface area contributed by atoms with Crippen LogP contribution in [-0.4, -0.2) is 7.11 Å². The first kappa shape index (κ1) is 13.3. The first-order valence-corrected chi connectivity index (χ1v) is 7.99. The van der Waals surface area contributed by atoms with E-state index in [1.54, 1.807) is 18.9 Å². The molecule has 0 atom stereocenters. The van der Waals surface area contributed by atoms with E-state index in [2.05, 4.69) is 59.9 Å². The smallest absolute Gasteiger partial charge is 0.128 e. The molecular formula is C19H15NOS. The average Bonchev–Trinajstić information content (AvgIpc) is 2.59. The summed E-state index contributed by atoms with van der Waals surface area (Å²) >= 11 is 1.79. The van der Waals surface area contributed by atoms with E-state index in [4.69, 9.17) is 4.74 Å². The minimum Gasteiger partial charge on any atom is -0.496 e. The molecule has 4 rings (SSSR count). The maximum absolute atomic E-state index is 5.60. The van der Waals surface area contributed by atoms with Crippen molar-refractivity contribution in [3.05, 3.63) is 66.7 Å². The van der Waals surface area contributed by atoms with E-state index < -0.39 is 0 Å². The van der Waals surface area contributed by atoms with Crippen LogP contribution in [0, 0.1) is 0 Å². The van der Waals surface area contributed by atoms with Crippen molar-refractivity contribution in [3.63, 3.8) is 0 Å². The van der Waals surface area contributed by atoms with Crippen LogP contribution < -0.4 is 10.1 Å². The monoisotopic (exact) mass is 305 g/mol. The summed E-state index contributed by atoms with van der Waals surface area (Å²) in [4.78, 5) is 2.47. The highest BCUT2D eigenvalue weighted by Gasteiger charge is 2.21. The highest BCUT2D eigenvalue weighted by Crippen LogP contribution is 2.50. The number of hydrogen-bond donors (Lipinski definition) is 1. The molecule has 1 aliphatic rings. The Hall–Kier alpha value is -2.39. The molecule has 0 radical (unpaired) electrons. The molecule has 3 heteroatoms. The Labute approximate surface area is 134 Å². The molecule has 0 fully saturated rings. The number of hydrogen-bond acceptors (Lipinski definition) is 3. The molecule has 2 nitrogen and oxygen atoms in total. The van der Waals surface area contributed by atoms with E-state index in [1.165, 1.54) is 9.79 Å². The summed E-state index contributed by atoms with van der Waals surface area (Å²) in [5.74, 6) is 0.887. The normalized spacial score (nSPS) is 12.0. The third-order valence-electron chi connectivity index (χ3n) is 3.78. The molecule has 0 bridgehead atoms. The topological polar surface area (TPSA) is 21.3 Å². The van der Waals surface area contributed by atoms with Crippen molar-refractivity contribution in [1.29, 1.82) is 0 Å². The largest absolute Gasteiger partial charge is 0.496 e. The molecule has 1 aliphatic heterocycles. The standard InChI is InChI=1S/C19H15NOS/c1-21-15-11-12-17-19(18(15)13-7-3-2-4-8-13)20-14-9-5-6-10-16(14)22-17/h2-12,20H,1H3. The molecule has 108 valence electrons. The molecule has 1 heterocycles. The van der Waals surface area contributed by atoms with Gasteiger partial charge in [-0.3, -0.25) is 0 Å². The van der Waals surface area contributed by atoms with Crippen molar-refractivity contribution in [3.8, 4) is 16.9 Å². The van der Waals surface area contributed by atoms with Gasteiger partial charge in [0, 0.05) is 15.4 Å². The van der Waals surface area contributed by atoms with Gasteiger partial charge in [-0.1, -0.05) is 54.2 Å². The summed E-state index contributed by atoms with van der Waals surface area (Å²) in [6, 6.07) is 22.9. The van der Waals surface area contributed by atoms with E-state index in [1.807, 2.05) is 12.1 Å². The second kappa shape index (κ2) is 5.43. The molecule has 0 saturated carbocycles. The summed E-state index contributed by atoms with van der Waals surface area (Å²) in [5.41, 5.74) is 4.53. The Morgan fingerprint density at radius 1 is 0.818 bits per heavy atom. The van der Waals surface area contributed by atoms with Gasteiger partial charge in [-0.05, 0) is 29.8 Å². The van der Waals surface area contributed by atoms with Crippen LogP contribution in [0.5, 0.6) is 5.75 Å². The molecule has 0 saturated heterocycles. The molecule has 1 N–H and O–H groups in total. The van der Waals surface area contributed by atoms with Gasteiger partial charge in [0.15, 0.2) is 0 Å². The zero-order chi connectivity index (χ0) is 14.9. The predicted octanol–water partition coefficient (Wildman–Crippen LogP) is 5.57. The number of benzene rings is 3. The maximum atomic E-state index is 5.60. The number of anilines is 2.